The molecular formula is C16H29IN4OS. The van der Waals surface area contributed by atoms with Crippen molar-refractivity contribution in [3.63, 3.8) is 0 Å². The second-order valence-corrected chi connectivity index (χ2v) is 7.21. The first kappa shape index (κ1) is 20.7. The molecule has 5 nitrogen and oxygen atoms in total. The molecule has 0 aliphatic carbocycles. The Morgan fingerprint density at radius 1 is 1.43 bits per heavy atom. The largest absolute Gasteiger partial charge is 0.377 e. The molecule has 0 spiro atoms. The number of fused-ring (bicyclic) bond motifs is 1. The minimum atomic E-state index is -0.195. The van der Waals surface area contributed by atoms with Gasteiger partial charge in [-0.2, -0.15) is 0 Å². The highest BCUT2D eigenvalue weighted by Gasteiger charge is 2.18. The number of aliphatic imine (C=N–C) groups is 1. The van der Waals surface area contributed by atoms with E-state index in [1.54, 1.807) is 19.0 Å². The van der Waals surface area contributed by atoms with Gasteiger partial charge in [0.2, 0.25) is 0 Å². The van der Waals surface area contributed by atoms with Crippen molar-refractivity contribution in [2.45, 2.75) is 32.4 Å². The molecule has 0 radical (unpaired) electrons. The van der Waals surface area contributed by atoms with Crippen LogP contribution in [0.2, 0.25) is 0 Å². The average molecular weight is 452 g/mol. The lowest BCUT2D eigenvalue weighted by atomic mass is 10.1. The second-order valence-electron chi connectivity index (χ2n) is 6.21. The van der Waals surface area contributed by atoms with Crippen molar-refractivity contribution in [3.8, 4) is 0 Å². The summed E-state index contributed by atoms with van der Waals surface area (Å²) in [6.07, 6.45) is 1.18. The summed E-state index contributed by atoms with van der Waals surface area (Å²) in [6, 6.07) is 2.26. The lowest BCUT2D eigenvalue weighted by Crippen LogP contribution is -2.47. The fourth-order valence-electron chi connectivity index (χ4n) is 2.42. The number of thiophene rings is 1. The van der Waals surface area contributed by atoms with Crippen molar-refractivity contribution in [1.29, 1.82) is 0 Å². The molecule has 0 fully saturated rings. The number of rotatable bonds is 6. The molecule has 0 atom stereocenters. The van der Waals surface area contributed by atoms with Gasteiger partial charge in [0.1, 0.15) is 0 Å². The summed E-state index contributed by atoms with van der Waals surface area (Å²) in [5.41, 5.74) is 1.31. The topological polar surface area (TPSA) is 48.9 Å². The van der Waals surface area contributed by atoms with Gasteiger partial charge < -0.3 is 15.4 Å². The van der Waals surface area contributed by atoms with E-state index in [9.17, 15) is 0 Å². The SMILES string of the molecule is CN=C(NCCN1CCc2sccc2C1)NCC(C)(C)OC.I. The molecule has 0 saturated heterocycles. The number of ether oxygens (including phenoxy) is 1. The van der Waals surface area contributed by atoms with Gasteiger partial charge in [-0.1, -0.05) is 0 Å². The number of halogens is 1. The van der Waals surface area contributed by atoms with Crippen molar-refractivity contribution in [3.05, 3.63) is 21.9 Å². The Hall–Kier alpha value is -0.380. The Kier molecular flexibility index (Phi) is 8.81. The Morgan fingerprint density at radius 3 is 2.91 bits per heavy atom. The van der Waals surface area contributed by atoms with E-state index in [4.69, 9.17) is 4.74 Å². The number of hydrogen-bond acceptors (Lipinski definition) is 4. The van der Waals surface area contributed by atoms with Gasteiger partial charge in [-0.15, -0.1) is 35.3 Å². The molecule has 1 aliphatic heterocycles. The van der Waals surface area contributed by atoms with Crippen LogP contribution in [0, 0.1) is 0 Å². The van der Waals surface area contributed by atoms with Crippen LogP contribution in [0.5, 0.6) is 0 Å². The molecule has 1 aromatic heterocycles. The maximum Gasteiger partial charge on any atom is 0.191 e. The van der Waals surface area contributed by atoms with E-state index >= 15 is 0 Å². The molecular weight excluding hydrogens is 423 g/mol. The van der Waals surface area contributed by atoms with Gasteiger partial charge in [-0.3, -0.25) is 9.89 Å². The van der Waals surface area contributed by atoms with Gasteiger partial charge in [0, 0.05) is 51.8 Å². The molecule has 132 valence electrons. The summed E-state index contributed by atoms with van der Waals surface area (Å²) in [4.78, 5) is 8.31. The van der Waals surface area contributed by atoms with Gasteiger partial charge in [0.15, 0.2) is 5.96 Å². The fraction of sp³-hybridized carbons (Fsp3) is 0.688. The molecule has 0 unspecified atom stereocenters. The Labute approximate surface area is 160 Å². The summed E-state index contributed by atoms with van der Waals surface area (Å²) in [7, 11) is 3.53. The smallest absolute Gasteiger partial charge is 0.191 e. The van der Waals surface area contributed by atoms with Crippen molar-refractivity contribution in [2.24, 2.45) is 4.99 Å². The third kappa shape index (κ3) is 6.56. The van der Waals surface area contributed by atoms with Crippen LogP contribution in [-0.2, 0) is 17.7 Å². The first-order valence-corrected chi connectivity index (χ1v) is 8.69. The van der Waals surface area contributed by atoms with Crippen molar-refractivity contribution >= 4 is 41.3 Å². The first-order valence-electron chi connectivity index (χ1n) is 7.81. The molecule has 23 heavy (non-hydrogen) atoms. The van der Waals surface area contributed by atoms with Crippen molar-refractivity contribution < 1.29 is 4.74 Å². The van der Waals surface area contributed by atoms with Gasteiger partial charge in [-0.05, 0) is 37.3 Å². The number of nitrogens with zero attached hydrogens (tertiary/aromatic N) is 2. The average Bonchev–Trinajstić information content (AvgIpc) is 2.98. The van der Waals surface area contributed by atoms with Crippen LogP contribution in [0.1, 0.15) is 24.3 Å². The monoisotopic (exact) mass is 452 g/mol. The number of hydrogen-bond donors (Lipinski definition) is 2. The predicted molar refractivity (Wildman–Crippen MR) is 109 cm³/mol. The maximum atomic E-state index is 5.41. The summed E-state index contributed by atoms with van der Waals surface area (Å²) in [5, 5.41) is 8.89. The minimum Gasteiger partial charge on any atom is -0.377 e. The van der Waals surface area contributed by atoms with E-state index < -0.39 is 0 Å². The fourth-order valence-corrected chi connectivity index (χ4v) is 3.31. The Balaban J connectivity index is 0.00000264. The Morgan fingerprint density at radius 2 is 2.22 bits per heavy atom. The number of guanidine groups is 1. The molecule has 2 N–H and O–H groups in total. The zero-order valence-corrected chi connectivity index (χ0v) is 17.7. The lowest BCUT2D eigenvalue weighted by Gasteiger charge is -2.27. The van der Waals surface area contributed by atoms with Gasteiger partial charge >= 0.3 is 0 Å². The van der Waals surface area contributed by atoms with Crippen LogP contribution in [0.25, 0.3) is 0 Å². The van der Waals surface area contributed by atoms with E-state index in [0.29, 0.717) is 0 Å². The van der Waals surface area contributed by atoms with E-state index in [1.165, 1.54) is 12.0 Å². The molecule has 1 aliphatic rings. The number of methoxy groups -OCH3 is 1. The van der Waals surface area contributed by atoms with Crippen LogP contribution < -0.4 is 10.6 Å². The Bertz CT molecular complexity index is 504. The molecule has 1 aromatic rings. The van der Waals surface area contributed by atoms with Gasteiger partial charge in [0.25, 0.3) is 0 Å². The highest BCUT2D eigenvalue weighted by Crippen LogP contribution is 2.23. The van der Waals surface area contributed by atoms with Gasteiger partial charge in [0.05, 0.1) is 5.60 Å². The summed E-state index contributed by atoms with van der Waals surface area (Å²) in [6.45, 7) is 8.99. The standard InChI is InChI=1S/C16H28N4OS.HI/c1-16(2,21-4)12-19-15(17-3)18-7-9-20-8-5-14-13(11-20)6-10-22-14;/h6,10H,5,7-9,11-12H2,1-4H3,(H2,17,18,19);1H. The van der Waals surface area contributed by atoms with Crippen LogP contribution in [0.4, 0.5) is 0 Å². The normalized spacial score (nSPS) is 15.7. The van der Waals surface area contributed by atoms with Crippen molar-refractivity contribution in [2.75, 3.05) is 40.3 Å². The highest BCUT2D eigenvalue weighted by atomic mass is 127. The number of nitrogens with one attached hydrogen (secondary N) is 2. The molecule has 0 bridgehead atoms. The zero-order valence-electron chi connectivity index (χ0n) is 14.5. The zero-order chi connectivity index (χ0) is 16.0. The molecule has 0 saturated carbocycles. The summed E-state index contributed by atoms with van der Waals surface area (Å²) >= 11 is 1.89. The molecule has 7 heteroatoms. The summed E-state index contributed by atoms with van der Waals surface area (Å²) < 4.78 is 5.41. The highest BCUT2D eigenvalue weighted by molar-refractivity contribution is 14.0. The van der Waals surface area contributed by atoms with E-state index in [0.717, 1.165) is 38.7 Å². The third-order valence-corrected chi connectivity index (χ3v) is 5.09. The third-order valence-electron chi connectivity index (χ3n) is 4.06. The van der Waals surface area contributed by atoms with Crippen LogP contribution in [-0.4, -0.2) is 56.8 Å². The minimum absolute atomic E-state index is 0. The van der Waals surface area contributed by atoms with Crippen LogP contribution >= 0.6 is 35.3 Å². The van der Waals surface area contributed by atoms with Crippen LogP contribution in [0.15, 0.2) is 16.4 Å². The first-order chi connectivity index (χ1) is 10.5. The van der Waals surface area contributed by atoms with Gasteiger partial charge in [-0.25, -0.2) is 0 Å². The van der Waals surface area contributed by atoms with E-state index in [2.05, 4.69) is 45.8 Å². The maximum absolute atomic E-state index is 5.41. The molecule has 0 aromatic carbocycles. The van der Waals surface area contributed by atoms with E-state index in [1.807, 2.05) is 11.3 Å². The van der Waals surface area contributed by atoms with Crippen molar-refractivity contribution in [1.82, 2.24) is 15.5 Å². The van der Waals surface area contributed by atoms with E-state index in [-0.39, 0.29) is 29.6 Å². The summed E-state index contributed by atoms with van der Waals surface area (Å²) in [5.74, 6) is 0.832. The molecule has 2 heterocycles. The molecule has 0 amide bonds. The predicted octanol–water partition coefficient (Wildman–Crippen LogP) is 2.31. The second kappa shape index (κ2) is 9.80. The molecule has 2 rings (SSSR count). The van der Waals surface area contributed by atoms with Crippen LogP contribution in [0.3, 0.4) is 0 Å². The lowest BCUT2D eigenvalue weighted by molar-refractivity contribution is 0.0268. The quantitative estimate of drug-likeness (QED) is 0.395.